The smallest absolute Gasteiger partial charge is 0.296 e. The Labute approximate surface area is 121 Å². The Morgan fingerprint density at radius 1 is 1.30 bits per heavy atom. The number of aromatic nitrogens is 3. The van der Waals surface area contributed by atoms with Gasteiger partial charge < -0.3 is 4.74 Å². The molecule has 108 valence electrons. The van der Waals surface area contributed by atoms with Crippen LogP contribution in [-0.4, -0.2) is 30.2 Å². The van der Waals surface area contributed by atoms with Crippen LogP contribution in [0.25, 0.3) is 11.4 Å². The number of halogens is 1. The van der Waals surface area contributed by atoms with Crippen molar-refractivity contribution in [1.82, 2.24) is 15.2 Å². The zero-order valence-corrected chi connectivity index (χ0v) is 12.4. The van der Waals surface area contributed by atoms with Crippen LogP contribution >= 0.6 is 10.7 Å². The van der Waals surface area contributed by atoms with Gasteiger partial charge in [0, 0.05) is 16.2 Å². The van der Waals surface area contributed by atoms with Crippen LogP contribution in [0, 0.1) is 0 Å². The van der Waals surface area contributed by atoms with Crippen molar-refractivity contribution in [3.8, 4) is 17.1 Å². The first-order valence-corrected chi connectivity index (χ1v) is 8.42. The van der Waals surface area contributed by atoms with E-state index in [4.69, 9.17) is 15.4 Å². The minimum Gasteiger partial charge on any atom is -0.494 e. The molecule has 2 rings (SSSR count). The molecule has 0 saturated carbocycles. The van der Waals surface area contributed by atoms with Gasteiger partial charge in [-0.05, 0) is 30.7 Å². The Morgan fingerprint density at radius 3 is 2.55 bits per heavy atom. The Bertz CT molecular complexity index is 668. The first-order chi connectivity index (χ1) is 9.50. The molecule has 0 aliphatic heterocycles. The van der Waals surface area contributed by atoms with Crippen molar-refractivity contribution < 1.29 is 13.2 Å². The fourth-order valence-electron chi connectivity index (χ4n) is 1.52. The van der Waals surface area contributed by atoms with E-state index >= 15 is 0 Å². The Kier molecular flexibility index (Phi) is 4.61. The highest BCUT2D eigenvalue weighted by Crippen LogP contribution is 2.21. The summed E-state index contributed by atoms with van der Waals surface area (Å²) in [5, 5.41) is 5.74. The third-order valence-corrected chi connectivity index (χ3v) is 3.66. The molecule has 0 aliphatic rings. The lowest BCUT2D eigenvalue weighted by Gasteiger charge is -2.05. The summed E-state index contributed by atoms with van der Waals surface area (Å²) in [5.74, 6) is 1.02. The second-order valence-electron chi connectivity index (χ2n) is 4.13. The number of H-pyrrole nitrogens is 1. The van der Waals surface area contributed by atoms with Crippen molar-refractivity contribution >= 4 is 19.7 Å². The van der Waals surface area contributed by atoms with Gasteiger partial charge >= 0.3 is 0 Å². The van der Waals surface area contributed by atoms with Gasteiger partial charge in [-0.2, -0.15) is 10.1 Å². The number of nitrogens with one attached hydrogen (secondary N) is 1. The van der Waals surface area contributed by atoms with Crippen LogP contribution in [0.3, 0.4) is 0 Å². The zero-order valence-electron chi connectivity index (χ0n) is 10.8. The van der Waals surface area contributed by atoms with Gasteiger partial charge in [-0.15, -0.1) is 0 Å². The second-order valence-corrected chi connectivity index (χ2v) is 6.61. The number of nitrogens with zero attached hydrogens (tertiary/aromatic N) is 2. The van der Waals surface area contributed by atoms with Gasteiger partial charge in [0.1, 0.15) is 5.75 Å². The molecular weight excluding hydrogens is 302 g/mol. The van der Waals surface area contributed by atoms with Crippen molar-refractivity contribution in [3.05, 3.63) is 24.3 Å². The molecule has 0 spiro atoms. The monoisotopic (exact) mass is 315 g/mol. The Balaban J connectivity index is 2.12. The molecule has 1 heterocycles. The summed E-state index contributed by atoms with van der Waals surface area (Å²) < 4.78 is 27.7. The van der Waals surface area contributed by atoms with Crippen LogP contribution in [0.15, 0.2) is 29.4 Å². The van der Waals surface area contributed by atoms with Gasteiger partial charge in [-0.1, -0.05) is 13.3 Å². The topological polar surface area (TPSA) is 84.9 Å². The molecule has 8 heteroatoms. The summed E-state index contributed by atoms with van der Waals surface area (Å²) in [6, 6.07) is 7.09. The number of hydrogen-bond donors (Lipinski definition) is 1. The molecule has 20 heavy (non-hydrogen) atoms. The van der Waals surface area contributed by atoms with E-state index in [-0.39, 0.29) is 11.0 Å². The van der Waals surface area contributed by atoms with Crippen molar-refractivity contribution in [3.63, 3.8) is 0 Å². The summed E-state index contributed by atoms with van der Waals surface area (Å²) in [7, 11) is 1.28. The third kappa shape index (κ3) is 3.71. The SMILES string of the molecule is CCCCOc1ccc(-c2n[nH]c(S(=O)(=O)Cl)n2)cc1. The van der Waals surface area contributed by atoms with Gasteiger partial charge in [0.25, 0.3) is 14.2 Å². The second kappa shape index (κ2) is 6.23. The quantitative estimate of drug-likeness (QED) is 0.654. The summed E-state index contributed by atoms with van der Waals surface area (Å²) >= 11 is 0. The van der Waals surface area contributed by atoms with Crippen LogP contribution in [-0.2, 0) is 9.05 Å². The van der Waals surface area contributed by atoms with Crippen LogP contribution in [0.4, 0.5) is 0 Å². The number of unbranched alkanes of at least 4 members (excludes halogenated alkanes) is 1. The fraction of sp³-hybridized carbons (Fsp3) is 0.333. The molecule has 1 N–H and O–H groups in total. The van der Waals surface area contributed by atoms with Crippen LogP contribution in [0.1, 0.15) is 19.8 Å². The molecule has 0 aliphatic carbocycles. The zero-order chi connectivity index (χ0) is 14.6. The molecule has 0 bridgehead atoms. The molecular formula is C12H14ClN3O3S. The van der Waals surface area contributed by atoms with Crippen molar-refractivity contribution in [2.24, 2.45) is 0 Å². The number of hydrogen-bond acceptors (Lipinski definition) is 5. The van der Waals surface area contributed by atoms with Crippen molar-refractivity contribution in [2.75, 3.05) is 6.61 Å². The van der Waals surface area contributed by atoms with Gasteiger partial charge in [-0.3, -0.25) is 0 Å². The van der Waals surface area contributed by atoms with E-state index in [1.807, 2.05) is 0 Å². The molecule has 0 radical (unpaired) electrons. The highest BCUT2D eigenvalue weighted by atomic mass is 35.7. The highest BCUT2D eigenvalue weighted by molar-refractivity contribution is 8.13. The maximum atomic E-state index is 11.1. The average Bonchev–Trinajstić information content (AvgIpc) is 2.89. The average molecular weight is 316 g/mol. The van der Waals surface area contributed by atoms with Gasteiger partial charge in [0.15, 0.2) is 5.82 Å². The van der Waals surface area contributed by atoms with E-state index in [9.17, 15) is 8.42 Å². The molecule has 1 aromatic heterocycles. The lowest BCUT2D eigenvalue weighted by molar-refractivity contribution is 0.309. The normalized spacial score (nSPS) is 11.5. The molecule has 0 fully saturated rings. The number of ether oxygens (including phenoxy) is 1. The fourth-order valence-corrected chi connectivity index (χ4v) is 2.08. The lowest BCUT2D eigenvalue weighted by atomic mass is 10.2. The minimum absolute atomic E-state index is 0.268. The molecule has 0 atom stereocenters. The van der Waals surface area contributed by atoms with Gasteiger partial charge in [0.2, 0.25) is 0 Å². The van der Waals surface area contributed by atoms with E-state index in [0.717, 1.165) is 18.6 Å². The van der Waals surface area contributed by atoms with E-state index in [1.54, 1.807) is 24.3 Å². The predicted octanol–water partition coefficient (Wildman–Crippen LogP) is 2.58. The standard InChI is InChI=1S/C12H14ClN3O3S/c1-2-3-8-19-10-6-4-9(5-7-10)11-14-12(16-15-11)20(13,17)18/h4-7H,2-3,8H2,1H3,(H,14,15,16). The first-order valence-electron chi connectivity index (χ1n) is 6.11. The maximum Gasteiger partial charge on any atom is 0.296 e. The predicted molar refractivity (Wildman–Crippen MR) is 75.3 cm³/mol. The number of benzene rings is 1. The number of aromatic amines is 1. The van der Waals surface area contributed by atoms with E-state index in [1.165, 1.54) is 0 Å². The van der Waals surface area contributed by atoms with Crippen LogP contribution in [0.5, 0.6) is 5.75 Å². The van der Waals surface area contributed by atoms with Crippen LogP contribution < -0.4 is 4.74 Å². The van der Waals surface area contributed by atoms with E-state index < -0.39 is 9.05 Å². The van der Waals surface area contributed by atoms with Crippen molar-refractivity contribution in [2.45, 2.75) is 24.9 Å². The first kappa shape index (κ1) is 14.8. The lowest BCUT2D eigenvalue weighted by Crippen LogP contribution is -1.96. The molecule has 1 aromatic carbocycles. The highest BCUT2D eigenvalue weighted by Gasteiger charge is 2.16. The Hall–Kier alpha value is -1.60. The van der Waals surface area contributed by atoms with Gasteiger partial charge in [0.05, 0.1) is 6.61 Å². The molecule has 0 unspecified atom stereocenters. The largest absolute Gasteiger partial charge is 0.494 e. The van der Waals surface area contributed by atoms with E-state index in [0.29, 0.717) is 12.2 Å². The summed E-state index contributed by atoms with van der Waals surface area (Å²) in [6.07, 6.45) is 2.07. The minimum atomic E-state index is -3.89. The molecule has 2 aromatic rings. The van der Waals surface area contributed by atoms with Crippen LogP contribution in [0.2, 0.25) is 0 Å². The summed E-state index contributed by atoms with van der Waals surface area (Å²) in [5.41, 5.74) is 0.677. The maximum absolute atomic E-state index is 11.1. The molecule has 6 nitrogen and oxygen atoms in total. The van der Waals surface area contributed by atoms with Crippen molar-refractivity contribution in [1.29, 1.82) is 0 Å². The summed E-state index contributed by atoms with van der Waals surface area (Å²) in [4.78, 5) is 3.83. The number of rotatable bonds is 6. The Morgan fingerprint density at radius 2 is 2.00 bits per heavy atom. The molecule has 0 saturated heterocycles. The molecule has 0 amide bonds. The third-order valence-electron chi connectivity index (χ3n) is 2.57. The van der Waals surface area contributed by atoms with E-state index in [2.05, 4.69) is 22.1 Å². The van der Waals surface area contributed by atoms with Gasteiger partial charge in [-0.25, -0.2) is 13.5 Å². The summed E-state index contributed by atoms with van der Waals surface area (Å²) in [6.45, 7) is 2.77.